The molecular formula is C18H26ClN3O2. The standard InChI is InChI=1S/C18H25N3O2.ClH/c1-14-4-6-15(7-5-14)13-17(22)20-9-11-21(12-10-20)18(23)16-3-2-8-19-16;/h4-7,16,19H,2-3,8-13H2,1H3;1H. The Hall–Kier alpha value is -1.59. The van der Waals surface area contributed by atoms with Gasteiger partial charge in [0.15, 0.2) is 0 Å². The molecular weight excluding hydrogens is 326 g/mol. The Kier molecular flexibility index (Phi) is 6.63. The first kappa shape index (κ1) is 18.7. The number of nitrogens with one attached hydrogen (secondary N) is 1. The minimum Gasteiger partial charge on any atom is -0.339 e. The van der Waals surface area contributed by atoms with Gasteiger partial charge in [0, 0.05) is 26.2 Å². The first-order valence-corrected chi connectivity index (χ1v) is 8.49. The molecule has 2 saturated heterocycles. The van der Waals surface area contributed by atoms with Gasteiger partial charge in [-0.05, 0) is 31.9 Å². The van der Waals surface area contributed by atoms with E-state index >= 15 is 0 Å². The van der Waals surface area contributed by atoms with Crippen molar-refractivity contribution in [1.29, 1.82) is 0 Å². The molecule has 0 aromatic heterocycles. The zero-order chi connectivity index (χ0) is 16.2. The molecule has 1 N–H and O–H groups in total. The largest absolute Gasteiger partial charge is 0.339 e. The highest BCUT2D eigenvalue weighted by molar-refractivity contribution is 5.85. The number of benzene rings is 1. The molecule has 2 heterocycles. The molecule has 0 bridgehead atoms. The Bertz CT molecular complexity index is 562. The summed E-state index contributed by atoms with van der Waals surface area (Å²) in [5, 5.41) is 3.25. The van der Waals surface area contributed by atoms with Gasteiger partial charge >= 0.3 is 0 Å². The third-order valence-corrected chi connectivity index (χ3v) is 4.78. The van der Waals surface area contributed by atoms with Crippen LogP contribution in [0.1, 0.15) is 24.0 Å². The van der Waals surface area contributed by atoms with Gasteiger partial charge in [-0.25, -0.2) is 0 Å². The number of carbonyl (C=O) groups excluding carboxylic acids is 2. The number of amides is 2. The second-order valence-electron chi connectivity index (χ2n) is 6.52. The van der Waals surface area contributed by atoms with Gasteiger partial charge in [0.25, 0.3) is 0 Å². The summed E-state index contributed by atoms with van der Waals surface area (Å²) in [6.45, 7) is 5.56. The van der Waals surface area contributed by atoms with Crippen LogP contribution in [0, 0.1) is 6.92 Å². The summed E-state index contributed by atoms with van der Waals surface area (Å²) in [4.78, 5) is 28.5. The van der Waals surface area contributed by atoms with E-state index in [1.54, 1.807) is 0 Å². The van der Waals surface area contributed by atoms with Crippen molar-refractivity contribution in [1.82, 2.24) is 15.1 Å². The topological polar surface area (TPSA) is 52.7 Å². The smallest absolute Gasteiger partial charge is 0.239 e. The van der Waals surface area contributed by atoms with Crippen LogP contribution in [0.5, 0.6) is 0 Å². The van der Waals surface area contributed by atoms with Crippen molar-refractivity contribution in [3.63, 3.8) is 0 Å². The minimum atomic E-state index is -0.00944. The predicted octanol–water partition coefficient (Wildman–Crippen LogP) is 1.38. The molecule has 2 fully saturated rings. The number of halogens is 1. The van der Waals surface area contributed by atoms with Crippen LogP contribution in [0.2, 0.25) is 0 Å². The molecule has 2 aliphatic rings. The zero-order valence-electron chi connectivity index (χ0n) is 14.2. The zero-order valence-corrected chi connectivity index (χ0v) is 15.0. The van der Waals surface area contributed by atoms with Crippen LogP contribution in [0.4, 0.5) is 0 Å². The molecule has 1 aromatic rings. The number of piperazine rings is 1. The first-order chi connectivity index (χ1) is 11.1. The van der Waals surface area contributed by atoms with Crippen LogP contribution < -0.4 is 5.32 Å². The number of hydrogen-bond donors (Lipinski definition) is 1. The fraction of sp³-hybridized carbons (Fsp3) is 0.556. The molecule has 0 radical (unpaired) electrons. The summed E-state index contributed by atoms with van der Waals surface area (Å²) in [5.41, 5.74) is 2.25. The lowest BCUT2D eigenvalue weighted by Crippen LogP contribution is -2.54. The molecule has 2 amide bonds. The molecule has 1 unspecified atom stereocenters. The van der Waals surface area contributed by atoms with E-state index in [4.69, 9.17) is 0 Å². The van der Waals surface area contributed by atoms with Gasteiger partial charge in [-0.2, -0.15) is 0 Å². The fourth-order valence-electron chi connectivity index (χ4n) is 3.28. The third-order valence-electron chi connectivity index (χ3n) is 4.78. The quantitative estimate of drug-likeness (QED) is 0.895. The third kappa shape index (κ3) is 4.48. The second kappa shape index (κ2) is 8.49. The van der Waals surface area contributed by atoms with Crippen molar-refractivity contribution in [2.75, 3.05) is 32.7 Å². The number of nitrogens with zero attached hydrogens (tertiary/aromatic N) is 2. The SMILES string of the molecule is Cc1ccc(CC(=O)N2CCN(C(=O)C3CCCN3)CC2)cc1.Cl. The van der Waals surface area contributed by atoms with Crippen molar-refractivity contribution in [3.05, 3.63) is 35.4 Å². The van der Waals surface area contributed by atoms with Crippen molar-refractivity contribution >= 4 is 24.2 Å². The first-order valence-electron chi connectivity index (χ1n) is 8.49. The van der Waals surface area contributed by atoms with Gasteiger partial charge < -0.3 is 15.1 Å². The molecule has 24 heavy (non-hydrogen) atoms. The molecule has 1 atom stereocenters. The van der Waals surface area contributed by atoms with Crippen LogP contribution in [0.25, 0.3) is 0 Å². The van der Waals surface area contributed by atoms with E-state index in [2.05, 4.69) is 5.32 Å². The van der Waals surface area contributed by atoms with Crippen molar-refractivity contribution in [3.8, 4) is 0 Å². The maximum absolute atomic E-state index is 12.4. The van der Waals surface area contributed by atoms with Gasteiger partial charge in [-0.3, -0.25) is 9.59 Å². The van der Waals surface area contributed by atoms with E-state index in [0.29, 0.717) is 32.6 Å². The molecule has 0 saturated carbocycles. The van der Waals surface area contributed by atoms with Crippen LogP contribution in [-0.2, 0) is 16.0 Å². The van der Waals surface area contributed by atoms with Gasteiger partial charge in [0.05, 0.1) is 12.5 Å². The summed E-state index contributed by atoms with van der Waals surface area (Å²) < 4.78 is 0. The van der Waals surface area contributed by atoms with E-state index < -0.39 is 0 Å². The van der Waals surface area contributed by atoms with Crippen molar-refractivity contribution in [2.24, 2.45) is 0 Å². The highest BCUT2D eigenvalue weighted by atomic mass is 35.5. The lowest BCUT2D eigenvalue weighted by atomic mass is 10.1. The Labute approximate surface area is 149 Å². The summed E-state index contributed by atoms with van der Waals surface area (Å²) in [7, 11) is 0. The summed E-state index contributed by atoms with van der Waals surface area (Å²) in [6, 6.07) is 8.09. The molecule has 2 aliphatic heterocycles. The van der Waals surface area contributed by atoms with E-state index in [1.165, 1.54) is 5.56 Å². The maximum Gasteiger partial charge on any atom is 0.239 e. The minimum absolute atomic E-state index is 0. The lowest BCUT2D eigenvalue weighted by Gasteiger charge is -2.36. The van der Waals surface area contributed by atoms with E-state index in [0.717, 1.165) is 24.9 Å². The molecule has 132 valence electrons. The van der Waals surface area contributed by atoms with Gasteiger partial charge in [-0.1, -0.05) is 29.8 Å². The molecule has 0 spiro atoms. The van der Waals surface area contributed by atoms with E-state index in [9.17, 15) is 9.59 Å². The molecule has 0 aliphatic carbocycles. The summed E-state index contributed by atoms with van der Waals surface area (Å²) in [6.07, 6.45) is 2.45. The summed E-state index contributed by atoms with van der Waals surface area (Å²) in [5.74, 6) is 0.355. The number of carbonyl (C=O) groups is 2. The average molecular weight is 352 g/mol. The Morgan fingerprint density at radius 2 is 1.71 bits per heavy atom. The van der Waals surface area contributed by atoms with Crippen LogP contribution >= 0.6 is 12.4 Å². The van der Waals surface area contributed by atoms with Gasteiger partial charge in [-0.15, -0.1) is 12.4 Å². The van der Waals surface area contributed by atoms with Crippen molar-refractivity contribution < 1.29 is 9.59 Å². The molecule has 1 aromatic carbocycles. The second-order valence-corrected chi connectivity index (χ2v) is 6.52. The Morgan fingerprint density at radius 1 is 1.08 bits per heavy atom. The average Bonchev–Trinajstić information content (AvgIpc) is 3.11. The number of rotatable bonds is 3. The Morgan fingerprint density at radius 3 is 2.29 bits per heavy atom. The van der Waals surface area contributed by atoms with Crippen LogP contribution in [0.3, 0.4) is 0 Å². The highest BCUT2D eigenvalue weighted by Crippen LogP contribution is 2.12. The molecule has 6 heteroatoms. The van der Waals surface area contributed by atoms with E-state index in [1.807, 2.05) is 41.0 Å². The normalized spacial score (nSPS) is 20.6. The highest BCUT2D eigenvalue weighted by Gasteiger charge is 2.30. The monoisotopic (exact) mass is 351 g/mol. The predicted molar refractivity (Wildman–Crippen MR) is 96.3 cm³/mol. The lowest BCUT2D eigenvalue weighted by molar-refractivity contribution is -0.140. The van der Waals surface area contributed by atoms with Gasteiger partial charge in [0.1, 0.15) is 0 Å². The Balaban J connectivity index is 0.00000208. The van der Waals surface area contributed by atoms with Crippen molar-refractivity contribution in [2.45, 2.75) is 32.2 Å². The maximum atomic E-state index is 12.4. The van der Waals surface area contributed by atoms with Crippen LogP contribution in [0.15, 0.2) is 24.3 Å². The fourth-order valence-corrected chi connectivity index (χ4v) is 3.28. The molecule has 3 rings (SSSR count). The summed E-state index contributed by atoms with van der Waals surface area (Å²) >= 11 is 0. The van der Waals surface area contributed by atoms with Crippen LogP contribution in [-0.4, -0.2) is 60.4 Å². The number of hydrogen-bond acceptors (Lipinski definition) is 3. The van der Waals surface area contributed by atoms with E-state index in [-0.39, 0.29) is 30.3 Å². The number of aryl methyl sites for hydroxylation is 1. The van der Waals surface area contributed by atoms with Gasteiger partial charge in [0.2, 0.25) is 11.8 Å². The molecule has 5 nitrogen and oxygen atoms in total.